The molecule has 18 heavy (non-hydrogen) atoms. The van der Waals surface area contributed by atoms with Gasteiger partial charge in [-0.2, -0.15) is 29.2 Å². The van der Waals surface area contributed by atoms with Crippen LogP contribution < -0.4 is 10.5 Å². The topological polar surface area (TPSA) is 75.4 Å². The second-order valence-corrected chi connectivity index (χ2v) is 7.40. The van der Waals surface area contributed by atoms with Gasteiger partial charge < -0.3 is 5.73 Å². The Hall–Kier alpha value is 0.180. The Bertz CT molecular complexity index is 335. The molecular weight excluding hydrogens is 270 g/mol. The molecule has 2 unspecified atom stereocenters. The molecular formula is C11H25N3O2S2. The summed E-state index contributed by atoms with van der Waals surface area (Å²) in [5.74, 6) is 1.11. The van der Waals surface area contributed by atoms with Gasteiger partial charge in [-0.15, -0.1) is 0 Å². The molecule has 1 heterocycles. The summed E-state index contributed by atoms with van der Waals surface area (Å²) in [6.07, 6.45) is 4.74. The highest BCUT2D eigenvalue weighted by atomic mass is 32.2. The lowest BCUT2D eigenvalue weighted by atomic mass is 10.0. The average molecular weight is 295 g/mol. The van der Waals surface area contributed by atoms with E-state index in [1.54, 1.807) is 16.1 Å². The summed E-state index contributed by atoms with van der Waals surface area (Å²) in [7, 11) is -3.35. The maximum absolute atomic E-state index is 12.3. The number of nitrogens with two attached hydrogens (primary N) is 1. The minimum absolute atomic E-state index is 0.0169. The number of nitrogens with zero attached hydrogens (tertiary/aromatic N) is 1. The number of nitrogens with one attached hydrogen (secondary N) is 1. The highest BCUT2D eigenvalue weighted by Gasteiger charge is 2.29. The minimum Gasteiger partial charge on any atom is -0.330 e. The number of hydrogen-bond donors (Lipinski definition) is 2. The molecule has 0 amide bonds. The van der Waals surface area contributed by atoms with Crippen molar-refractivity contribution in [1.29, 1.82) is 0 Å². The maximum atomic E-state index is 12.3. The molecule has 0 radical (unpaired) electrons. The van der Waals surface area contributed by atoms with Gasteiger partial charge in [0.1, 0.15) is 0 Å². The molecule has 0 aromatic carbocycles. The number of rotatable bonds is 7. The summed E-state index contributed by atoms with van der Waals surface area (Å²) in [6.45, 7) is 3.74. The zero-order chi connectivity index (χ0) is 13.6. The molecule has 0 saturated carbocycles. The Kier molecular flexibility index (Phi) is 6.94. The van der Waals surface area contributed by atoms with Crippen LogP contribution in [0, 0.1) is 5.92 Å². The Morgan fingerprint density at radius 2 is 2.28 bits per heavy atom. The normalized spacial score (nSPS) is 24.1. The van der Waals surface area contributed by atoms with E-state index in [1.807, 2.05) is 13.2 Å². The van der Waals surface area contributed by atoms with Gasteiger partial charge in [-0.25, -0.2) is 0 Å². The summed E-state index contributed by atoms with van der Waals surface area (Å²) in [6, 6.07) is 0.0169. The number of piperidine rings is 1. The Morgan fingerprint density at radius 1 is 1.56 bits per heavy atom. The van der Waals surface area contributed by atoms with Gasteiger partial charge >= 0.3 is 0 Å². The third-order valence-corrected chi connectivity index (χ3v) is 5.71. The summed E-state index contributed by atoms with van der Waals surface area (Å²) in [5.41, 5.74) is 5.64. The summed E-state index contributed by atoms with van der Waals surface area (Å²) < 4.78 is 28.9. The molecule has 0 spiro atoms. The Balaban J connectivity index is 2.61. The first-order valence-corrected chi connectivity index (χ1v) is 9.33. The predicted octanol–water partition coefficient (Wildman–Crippen LogP) is 0.633. The van der Waals surface area contributed by atoms with Crippen molar-refractivity contribution in [3.8, 4) is 0 Å². The molecule has 1 aliphatic rings. The van der Waals surface area contributed by atoms with Crippen LogP contribution in [0.1, 0.15) is 26.2 Å². The predicted molar refractivity (Wildman–Crippen MR) is 77.9 cm³/mol. The zero-order valence-corrected chi connectivity index (χ0v) is 12.9. The van der Waals surface area contributed by atoms with Crippen molar-refractivity contribution in [2.75, 3.05) is 31.6 Å². The largest absolute Gasteiger partial charge is 0.330 e. The van der Waals surface area contributed by atoms with Crippen molar-refractivity contribution in [2.24, 2.45) is 11.7 Å². The van der Waals surface area contributed by atoms with E-state index >= 15 is 0 Å². The monoisotopic (exact) mass is 295 g/mol. The van der Waals surface area contributed by atoms with Gasteiger partial charge in [0.05, 0.1) is 0 Å². The van der Waals surface area contributed by atoms with E-state index < -0.39 is 10.2 Å². The molecule has 5 nitrogen and oxygen atoms in total. The van der Waals surface area contributed by atoms with E-state index in [9.17, 15) is 8.42 Å². The first kappa shape index (κ1) is 16.2. The average Bonchev–Trinajstić information content (AvgIpc) is 2.38. The lowest BCUT2D eigenvalue weighted by molar-refractivity contribution is 0.267. The van der Waals surface area contributed by atoms with Gasteiger partial charge in [-0.3, -0.25) is 0 Å². The second kappa shape index (κ2) is 7.69. The second-order valence-electron chi connectivity index (χ2n) is 4.79. The first-order valence-electron chi connectivity index (χ1n) is 6.49. The highest BCUT2D eigenvalue weighted by molar-refractivity contribution is 7.98. The standard InChI is InChI=1S/C11H25N3O2S2/c1-3-11(9-17-2)13-18(15,16)14-6-4-5-10(7-12)8-14/h10-11,13H,3-9,12H2,1-2H3. The van der Waals surface area contributed by atoms with Gasteiger partial charge in [0, 0.05) is 24.9 Å². The van der Waals surface area contributed by atoms with E-state index in [4.69, 9.17) is 5.73 Å². The minimum atomic E-state index is -3.35. The van der Waals surface area contributed by atoms with E-state index in [-0.39, 0.29) is 6.04 Å². The van der Waals surface area contributed by atoms with Crippen LogP contribution >= 0.6 is 11.8 Å². The fraction of sp³-hybridized carbons (Fsp3) is 1.00. The van der Waals surface area contributed by atoms with Crippen LogP contribution in [0.3, 0.4) is 0 Å². The summed E-state index contributed by atoms with van der Waals surface area (Å²) in [5, 5.41) is 0. The molecule has 7 heteroatoms. The molecule has 1 saturated heterocycles. The SMILES string of the molecule is CCC(CSC)NS(=O)(=O)N1CCCC(CN)C1. The van der Waals surface area contributed by atoms with Crippen LogP contribution in [-0.4, -0.2) is 50.4 Å². The molecule has 0 aromatic heterocycles. The highest BCUT2D eigenvalue weighted by Crippen LogP contribution is 2.18. The van der Waals surface area contributed by atoms with Gasteiger partial charge in [0.15, 0.2) is 0 Å². The fourth-order valence-corrected chi connectivity index (χ4v) is 4.58. The van der Waals surface area contributed by atoms with Crippen LogP contribution in [0.4, 0.5) is 0 Å². The van der Waals surface area contributed by atoms with Crippen LogP contribution in [-0.2, 0) is 10.2 Å². The van der Waals surface area contributed by atoms with E-state index in [2.05, 4.69) is 4.72 Å². The van der Waals surface area contributed by atoms with Gasteiger partial charge in [0.2, 0.25) is 0 Å². The van der Waals surface area contributed by atoms with Crippen LogP contribution in [0.25, 0.3) is 0 Å². The summed E-state index contributed by atoms with van der Waals surface area (Å²) in [4.78, 5) is 0. The van der Waals surface area contributed by atoms with E-state index in [0.29, 0.717) is 25.6 Å². The lowest BCUT2D eigenvalue weighted by Crippen LogP contribution is -2.50. The fourth-order valence-electron chi connectivity index (χ4n) is 2.16. The molecule has 3 N–H and O–H groups in total. The van der Waals surface area contributed by atoms with Crippen molar-refractivity contribution in [3.63, 3.8) is 0 Å². The van der Waals surface area contributed by atoms with Crippen molar-refractivity contribution in [2.45, 2.75) is 32.2 Å². The van der Waals surface area contributed by atoms with Crippen LogP contribution in [0.5, 0.6) is 0 Å². The maximum Gasteiger partial charge on any atom is 0.279 e. The van der Waals surface area contributed by atoms with E-state index in [1.165, 1.54) is 0 Å². The third-order valence-electron chi connectivity index (χ3n) is 3.33. The van der Waals surface area contributed by atoms with Gasteiger partial charge in [-0.05, 0) is 38.0 Å². The van der Waals surface area contributed by atoms with Crippen molar-refractivity contribution in [3.05, 3.63) is 0 Å². The molecule has 1 aliphatic heterocycles. The number of thioether (sulfide) groups is 1. The zero-order valence-electron chi connectivity index (χ0n) is 11.3. The molecule has 2 atom stereocenters. The molecule has 1 fully saturated rings. The van der Waals surface area contributed by atoms with Gasteiger partial charge in [0.25, 0.3) is 10.2 Å². The quantitative estimate of drug-likeness (QED) is 0.722. The van der Waals surface area contributed by atoms with Gasteiger partial charge in [-0.1, -0.05) is 6.92 Å². The van der Waals surface area contributed by atoms with Crippen LogP contribution in [0.15, 0.2) is 0 Å². The Labute approximate surface area is 115 Å². The molecule has 0 aromatic rings. The van der Waals surface area contributed by atoms with E-state index in [0.717, 1.165) is 25.0 Å². The number of hydrogen-bond acceptors (Lipinski definition) is 4. The molecule has 108 valence electrons. The third kappa shape index (κ3) is 4.70. The van der Waals surface area contributed by atoms with Crippen LogP contribution in [0.2, 0.25) is 0 Å². The summed E-state index contributed by atoms with van der Waals surface area (Å²) >= 11 is 1.66. The van der Waals surface area contributed by atoms with Crippen molar-refractivity contribution >= 4 is 22.0 Å². The molecule has 0 bridgehead atoms. The first-order chi connectivity index (χ1) is 8.53. The molecule has 1 rings (SSSR count). The van der Waals surface area contributed by atoms with Crippen molar-refractivity contribution in [1.82, 2.24) is 9.03 Å². The lowest BCUT2D eigenvalue weighted by Gasteiger charge is -2.32. The smallest absolute Gasteiger partial charge is 0.279 e. The van der Waals surface area contributed by atoms with Crippen molar-refractivity contribution < 1.29 is 8.42 Å². The molecule has 0 aliphatic carbocycles. The Morgan fingerprint density at radius 3 is 2.83 bits per heavy atom.